The molecule has 1 heterocycles. The molecule has 11 nitrogen and oxygen atoms in total. The molecule has 4 amide bonds. The highest BCUT2D eigenvalue weighted by atomic mass is 32.2. The molecule has 0 atom stereocenters. The van der Waals surface area contributed by atoms with Crippen molar-refractivity contribution < 1.29 is 22.7 Å². The van der Waals surface area contributed by atoms with Crippen molar-refractivity contribution in [2.24, 2.45) is 0 Å². The summed E-state index contributed by atoms with van der Waals surface area (Å²) in [7, 11) is -1.39. The standard InChI is InChI=1S/C16H20N6O5S/c1-9-5-6-11(19-15(23)17-3)8-12(9)28(25,26)22-16(24)21-14-18-10(2)7-13(20-14)27-4/h5-8H,1-4H3,(H2,17,19,23)(H2,18,20,21,22,24). The molecule has 2 rings (SSSR count). The minimum Gasteiger partial charge on any atom is -0.481 e. The summed E-state index contributed by atoms with van der Waals surface area (Å²) in [6, 6.07) is 4.28. The van der Waals surface area contributed by atoms with Crippen molar-refractivity contribution in [1.82, 2.24) is 20.0 Å². The Kier molecular flexibility index (Phi) is 6.36. The van der Waals surface area contributed by atoms with E-state index >= 15 is 0 Å². The molecule has 28 heavy (non-hydrogen) atoms. The number of carbonyl (C=O) groups is 2. The van der Waals surface area contributed by atoms with Crippen LogP contribution in [0.4, 0.5) is 21.2 Å². The van der Waals surface area contributed by atoms with Crippen molar-refractivity contribution in [2.75, 3.05) is 24.8 Å². The van der Waals surface area contributed by atoms with Gasteiger partial charge in [-0.15, -0.1) is 0 Å². The Bertz CT molecular complexity index is 1010. The maximum atomic E-state index is 12.6. The quantitative estimate of drug-likeness (QED) is 0.583. The van der Waals surface area contributed by atoms with E-state index in [1.165, 1.54) is 32.4 Å². The smallest absolute Gasteiger partial charge is 0.335 e. The molecule has 0 aliphatic rings. The minimum atomic E-state index is -4.22. The lowest BCUT2D eigenvalue weighted by Gasteiger charge is -2.12. The molecule has 12 heteroatoms. The molecule has 150 valence electrons. The van der Waals surface area contributed by atoms with Gasteiger partial charge in [-0.05, 0) is 31.5 Å². The van der Waals surface area contributed by atoms with Gasteiger partial charge in [0.15, 0.2) is 0 Å². The third kappa shape index (κ3) is 5.30. The van der Waals surface area contributed by atoms with Gasteiger partial charge in [-0.25, -0.2) is 27.7 Å². The Morgan fingerprint density at radius 1 is 1.04 bits per heavy atom. The van der Waals surface area contributed by atoms with E-state index in [0.29, 0.717) is 11.3 Å². The van der Waals surface area contributed by atoms with Gasteiger partial charge in [0.2, 0.25) is 11.8 Å². The monoisotopic (exact) mass is 408 g/mol. The Balaban J connectivity index is 2.21. The first-order valence-electron chi connectivity index (χ1n) is 7.97. The molecule has 0 saturated heterocycles. The number of nitrogens with zero attached hydrogens (tertiary/aromatic N) is 2. The fourth-order valence-corrected chi connectivity index (χ4v) is 3.34. The van der Waals surface area contributed by atoms with Gasteiger partial charge in [-0.2, -0.15) is 4.98 Å². The average Bonchev–Trinajstić information content (AvgIpc) is 2.61. The topological polar surface area (TPSA) is 151 Å². The second kappa shape index (κ2) is 8.52. The van der Waals surface area contributed by atoms with Crippen LogP contribution in [0.25, 0.3) is 0 Å². The first-order valence-corrected chi connectivity index (χ1v) is 9.46. The predicted molar refractivity (Wildman–Crippen MR) is 102 cm³/mol. The normalized spacial score (nSPS) is 10.7. The number of aromatic nitrogens is 2. The number of ether oxygens (including phenoxy) is 1. The average molecular weight is 408 g/mol. The Hall–Kier alpha value is -3.41. The van der Waals surface area contributed by atoms with Crippen LogP contribution in [0.3, 0.4) is 0 Å². The number of nitrogens with one attached hydrogen (secondary N) is 4. The van der Waals surface area contributed by atoms with E-state index in [2.05, 4.69) is 25.9 Å². The number of sulfonamides is 1. The van der Waals surface area contributed by atoms with E-state index < -0.39 is 22.1 Å². The van der Waals surface area contributed by atoms with Gasteiger partial charge in [0.1, 0.15) is 0 Å². The summed E-state index contributed by atoms with van der Waals surface area (Å²) in [5, 5.41) is 7.07. The third-order valence-corrected chi connectivity index (χ3v) is 4.93. The molecule has 0 radical (unpaired) electrons. The Morgan fingerprint density at radius 3 is 2.39 bits per heavy atom. The van der Waals surface area contributed by atoms with Crippen molar-refractivity contribution in [1.29, 1.82) is 0 Å². The molecule has 2 aromatic rings. The molecule has 0 fully saturated rings. The second-order valence-corrected chi connectivity index (χ2v) is 7.27. The van der Waals surface area contributed by atoms with E-state index in [1.54, 1.807) is 19.9 Å². The van der Waals surface area contributed by atoms with Gasteiger partial charge in [0.25, 0.3) is 10.0 Å². The van der Waals surface area contributed by atoms with Crippen LogP contribution in [0.5, 0.6) is 5.88 Å². The van der Waals surface area contributed by atoms with Crippen LogP contribution in [0.15, 0.2) is 29.2 Å². The van der Waals surface area contributed by atoms with Gasteiger partial charge in [0, 0.05) is 24.5 Å². The summed E-state index contributed by atoms with van der Waals surface area (Å²) in [6.45, 7) is 3.23. The number of amides is 4. The van der Waals surface area contributed by atoms with E-state index in [0.717, 1.165) is 0 Å². The summed E-state index contributed by atoms with van der Waals surface area (Å²) >= 11 is 0. The van der Waals surface area contributed by atoms with E-state index in [1.807, 2.05) is 4.72 Å². The summed E-state index contributed by atoms with van der Waals surface area (Å²) in [5.41, 5.74) is 1.16. The van der Waals surface area contributed by atoms with E-state index in [4.69, 9.17) is 4.74 Å². The number of benzene rings is 1. The van der Waals surface area contributed by atoms with Crippen molar-refractivity contribution >= 4 is 33.7 Å². The van der Waals surface area contributed by atoms with Crippen LogP contribution in [-0.2, 0) is 10.0 Å². The number of aryl methyl sites for hydroxylation is 2. The zero-order valence-electron chi connectivity index (χ0n) is 15.7. The molecular weight excluding hydrogens is 388 g/mol. The van der Waals surface area contributed by atoms with Crippen LogP contribution < -0.4 is 25.4 Å². The fourth-order valence-electron chi connectivity index (χ4n) is 2.17. The molecule has 1 aromatic carbocycles. The Morgan fingerprint density at radius 2 is 1.75 bits per heavy atom. The summed E-state index contributed by atoms with van der Waals surface area (Å²) in [5.74, 6) is 0.103. The lowest BCUT2D eigenvalue weighted by atomic mass is 10.2. The number of methoxy groups -OCH3 is 1. The summed E-state index contributed by atoms with van der Waals surface area (Å²) < 4.78 is 32.0. The number of carbonyl (C=O) groups excluding carboxylic acids is 2. The number of anilines is 2. The lowest BCUT2D eigenvalue weighted by Crippen LogP contribution is -2.35. The SMILES string of the molecule is CNC(=O)Nc1ccc(C)c(S(=O)(=O)NC(=O)Nc2nc(C)cc(OC)n2)c1. The van der Waals surface area contributed by atoms with Crippen molar-refractivity contribution in [3.63, 3.8) is 0 Å². The molecular formula is C16H20N6O5S. The maximum absolute atomic E-state index is 12.6. The summed E-state index contributed by atoms with van der Waals surface area (Å²) in [4.78, 5) is 31.3. The molecule has 1 aromatic heterocycles. The highest BCUT2D eigenvalue weighted by Crippen LogP contribution is 2.20. The molecule has 0 bridgehead atoms. The van der Waals surface area contributed by atoms with Crippen LogP contribution in [0.1, 0.15) is 11.3 Å². The van der Waals surface area contributed by atoms with E-state index in [-0.39, 0.29) is 22.4 Å². The molecule has 0 aliphatic carbocycles. The molecule has 0 aliphatic heterocycles. The molecule has 4 N–H and O–H groups in total. The van der Waals surface area contributed by atoms with Crippen LogP contribution in [0.2, 0.25) is 0 Å². The fraction of sp³-hybridized carbons (Fsp3) is 0.250. The first kappa shape index (κ1) is 20.9. The van der Waals surface area contributed by atoms with E-state index in [9.17, 15) is 18.0 Å². The minimum absolute atomic E-state index is 0.115. The zero-order valence-corrected chi connectivity index (χ0v) is 16.5. The number of hydrogen-bond acceptors (Lipinski definition) is 7. The predicted octanol–water partition coefficient (Wildman–Crippen LogP) is 1.36. The third-order valence-electron chi connectivity index (χ3n) is 3.45. The summed E-state index contributed by atoms with van der Waals surface area (Å²) in [6.07, 6.45) is 0. The van der Waals surface area contributed by atoms with Gasteiger partial charge < -0.3 is 15.4 Å². The number of hydrogen-bond donors (Lipinski definition) is 4. The van der Waals surface area contributed by atoms with Gasteiger partial charge in [-0.1, -0.05) is 6.07 Å². The van der Waals surface area contributed by atoms with Gasteiger partial charge in [0.05, 0.1) is 12.0 Å². The highest BCUT2D eigenvalue weighted by molar-refractivity contribution is 7.90. The molecule has 0 unspecified atom stereocenters. The largest absolute Gasteiger partial charge is 0.481 e. The second-order valence-electron chi connectivity index (χ2n) is 5.62. The maximum Gasteiger partial charge on any atom is 0.335 e. The van der Waals surface area contributed by atoms with Gasteiger partial charge in [-0.3, -0.25) is 5.32 Å². The van der Waals surface area contributed by atoms with Crippen LogP contribution >= 0.6 is 0 Å². The molecule has 0 spiro atoms. The first-order chi connectivity index (χ1) is 13.1. The zero-order chi connectivity index (χ0) is 20.9. The lowest BCUT2D eigenvalue weighted by molar-refractivity contribution is 0.253. The number of rotatable bonds is 5. The Labute approximate surface area is 162 Å². The number of urea groups is 2. The highest BCUT2D eigenvalue weighted by Gasteiger charge is 2.21. The van der Waals surface area contributed by atoms with Crippen molar-refractivity contribution in [3.05, 3.63) is 35.5 Å². The van der Waals surface area contributed by atoms with Crippen molar-refractivity contribution in [3.8, 4) is 5.88 Å². The van der Waals surface area contributed by atoms with Crippen LogP contribution in [-0.4, -0.2) is 44.6 Å². The molecule has 0 saturated carbocycles. The van der Waals surface area contributed by atoms with Crippen LogP contribution in [0, 0.1) is 13.8 Å². The van der Waals surface area contributed by atoms with Gasteiger partial charge >= 0.3 is 12.1 Å². The van der Waals surface area contributed by atoms with Crippen molar-refractivity contribution in [2.45, 2.75) is 18.7 Å².